The van der Waals surface area contributed by atoms with Gasteiger partial charge in [0.05, 0.1) is 7.11 Å². The first kappa shape index (κ1) is 21.4. The maximum Gasteiger partial charge on any atom is 0.212 e. The van der Waals surface area contributed by atoms with E-state index in [0.29, 0.717) is 24.9 Å². The maximum absolute atomic E-state index is 10.5. The summed E-state index contributed by atoms with van der Waals surface area (Å²) in [6, 6.07) is 13.9. The van der Waals surface area contributed by atoms with Crippen molar-refractivity contribution in [1.29, 1.82) is 0 Å². The number of pyridine rings is 1. The highest BCUT2D eigenvalue weighted by atomic mass is 127. The highest BCUT2D eigenvalue weighted by molar-refractivity contribution is 14.0. The Morgan fingerprint density at radius 3 is 2.74 bits per heavy atom. The number of hydrogen-bond donors (Lipinski definition) is 3. The van der Waals surface area contributed by atoms with Crippen LogP contribution in [-0.2, 0) is 6.54 Å². The van der Waals surface area contributed by atoms with Crippen molar-refractivity contribution in [1.82, 2.24) is 15.6 Å². The van der Waals surface area contributed by atoms with Crippen LogP contribution in [0.2, 0.25) is 0 Å². The number of aliphatic imine (C=N–C) groups is 1. The summed E-state index contributed by atoms with van der Waals surface area (Å²) in [6.07, 6.45) is 1.17. The monoisotopic (exact) mass is 498 g/mol. The van der Waals surface area contributed by atoms with Crippen molar-refractivity contribution in [3.63, 3.8) is 0 Å². The van der Waals surface area contributed by atoms with Gasteiger partial charge in [-0.2, -0.15) is 0 Å². The zero-order chi connectivity index (χ0) is 18.4. The largest absolute Gasteiger partial charge is 0.481 e. The molecule has 2 aromatic heterocycles. The van der Waals surface area contributed by atoms with Crippen LogP contribution in [0.5, 0.6) is 5.88 Å². The lowest BCUT2D eigenvalue weighted by Crippen LogP contribution is -2.38. The third-order valence-electron chi connectivity index (χ3n) is 3.93. The first-order valence-electron chi connectivity index (χ1n) is 8.29. The summed E-state index contributed by atoms with van der Waals surface area (Å²) < 4.78 is 6.23. The van der Waals surface area contributed by atoms with Crippen LogP contribution in [0, 0.1) is 0 Å². The second-order valence-corrected chi connectivity index (χ2v) is 6.83. The quantitative estimate of drug-likeness (QED) is 0.276. The van der Waals surface area contributed by atoms with Gasteiger partial charge in [-0.15, -0.1) is 35.3 Å². The van der Waals surface area contributed by atoms with Crippen molar-refractivity contribution in [2.24, 2.45) is 4.99 Å². The van der Waals surface area contributed by atoms with Gasteiger partial charge in [0.15, 0.2) is 5.96 Å². The van der Waals surface area contributed by atoms with Crippen LogP contribution in [0.3, 0.4) is 0 Å². The van der Waals surface area contributed by atoms with Crippen molar-refractivity contribution in [2.75, 3.05) is 20.7 Å². The number of methoxy groups -OCH3 is 1. The Labute approximate surface area is 179 Å². The molecule has 1 aromatic carbocycles. The first-order valence-corrected chi connectivity index (χ1v) is 9.11. The number of benzene rings is 1. The summed E-state index contributed by atoms with van der Waals surface area (Å²) in [7, 11) is 3.29. The van der Waals surface area contributed by atoms with E-state index in [4.69, 9.17) is 4.74 Å². The number of ether oxygens (including phenoxy) is 1. The third-order valence-corrected chi connectivity index (χ3v) is 5.14. The zero-order valence-corrected chi connectivity index (χ0v) is 18.3. The van der Waals surface area contributed by atoms with Crippen LogP contribution in [-0.4, -0.2) is 36.8 Å². The SMILES string of the molecule is CN=C(NCc1ccc(OC)nc1)NCC(O)c1cc2ccccc2s1.I. The molecule has 3 rings (SSSR count). The molecule has 1 atom stereocenters. The molecule has 0 aliphatic heterocycles. The number of rotatable bonds is 6. The average molecular weight is 498 g/mol. The predicted molar refractivity (Wildman–Crippen MR) is 121 cm³/mol. The Bertz CT molecular complexity index is 850. The number of aromatic nitrogens is 1. The standard InChI is InChI=1S/C19H22N4O2S.HI/c1-20-19(22-11-13-7-8-18(25-2)21-10-13)23-12-15(24)17-9-14-5-3-4-6-16(14)26-17;/h3-10,15,24H,11-12H2,1-2H3,(H2,20,22,23);1H. The summed E-state index contributed by atoms with van der Waals surface area (Å²) in [4.78, 5) is 9.30. The van der Waals surface area contributed by atoms with Gasteiger partial charge in [-0.25, -0.2) is 4.98 Å². The Kier molecular flexibility index (Phi) is 8.26. The molecule has 1 unspecified atom stereocenters. The fourth-order valence-corrected chi connectivity index (χ4v) is 3.55. The Morgan fingerprint density at radius 2 is 2.07 bits per heavy atom. The van der Waals surface area contributed by atoms with Gasteiger partial charge in [-0.1, -0.05) is 24.3 Å². The van der Waals surface area contributed by atoms with Gasteiger partial charge in [0, 0.05) is 42.0 Å². The van der Waals surface area contributed by atoms with Gasteiger partial charge in [-0.05, 0) is 23.1 Å². The molecule has 2 heterocycles. The van der Waals surface area contributed by atoms with E-state index >= 15 is 0 Å². The molecule has 0 amide bonds. The second kappa shape index (κ2) is 10.4. The summed E-state index contributed by atoms with van der Waals surface area (Å²) >= 11 is 1.61. The number of fused-ring (bicyclic) bond motifs is 1. The van der Waals surface area contributed by atoms with E-state index in [1.165, 1.54) is 4.70 Å². The lowest BCUT2D eigenvalue weighted by Gasteiger charge is -2.14. The molecule has 3 aromatic rings. The molecule has 0 spiro atoms. The van der Waals surface area contributed by atoms with Gasteiger partial charge >= 0.3 is 0 Å². The van der Waals surface area contributed by atoms with E-state index in [0.717, 1.165) is 15.8 Å². The fraction of sp³-hybridized carbons (Fsp3) is 0.263. The Balaban J connectivity index is 0.00000261. The molecule has 0 fully saturated rings. The molecule has 0 radical (unpaired) electrons. The molecule has 8 heteroatoms. The molecule has 144 valence electrons. The number of nitrogens with zero attached hydrogens (tertiary/aromatic N) is 2. The van der Waals surface area contributed by atoms with E-state index in [1.54, 1.807) is 31.7 Å². The topological polar surface area (TPSA) is 78.8 Å². The number of aliphatic hydroxyl groups excluding tert-OH is 1. The van der Waals surface area contributed by atoms with Crippen molar-refractivity contribution in [3.05, 3.63) is 59.1 Å². The molecular formula is C19H23IN4O2S. The normalized spacial score (nSPS) is 12.3. The summed E-state index contributed by atoms with van der Waals surface area (Å²) in [5.74, 6) is 1.21. The van der Waals surface area contributed by atoms with E-state index < -0.39 is 6.10 Å². The summed E-state index contributed by atoms with van der Waals surface area (Å²) in [5, 5.41) is 18.0. The smallest absolute Gasteiger partial charge is 0.212 e. The number of halogens is 1. The van der Waals surface area contributed by atoms with Gasteiger partial charge in [0.1, 0.15) is 6.10 Å². The molecule has 0 saturated carbocycles. The summed E-state index contributed by atoms with van der Waals surface area (Å²) in [6.45, 7) is 0.961. The molecule has 6 nitrogen and oxygen atoms in total. The molecule has 3 N–H and O–H groups in total. The molecular weight excluding hydrogens is 475 g/mol. The third kappa shape index (κ3) is 5.78. The Hall–Kier alpha value is -1.91. The van der Waals surface area contributed by atoms with Crippen molar-refractivity contribution in [2.45, 2.75) is 12.6 Å². The number of thiophene rings is 1. The van der Waals surface area contributed by atoms with Crippen molar-refractivity contribution >= 4 is 51.4 Å². The molecule has 0 bridgehead atoms. The van der Waals surface area contributed by atoms with Crippen LogP contribution in [0.1, 0.15) is 16.5 Å². The van der Waals surface area contributed by atoms with E-state index in [9.17, 15) is 5.11 Å². The van der Waals surface area contributed by atoms with Crippen molar-refractivity contribution in [3.8, 4) is 5.88 Å². The molecule has 27 heavy (non-hydrogen) atoms. The van der Waals surface area contributed by atoms with E-state index in [2.05, 4.69) is 32.7 Å². The highest BCUT2D eigenvalue weighted by Crippen LogP contribution is 2.29. The fourth-order valence-electron chi connectivity index (χ4n) is 2.50. The van der Waals surface area contributed by atoms with Crippen LogP contribution in [0.4, 0.5) is 0 Å². The van der Waals surface area contributed by atoms with Gasteiger partial charge < -0.3 is 20.5 Å². The average Bonchev–Trinajstić information content (AvgIpc) is 3.12. The summed E-state index contributed by atoms with van der Waals surface area (Å²) in [5.41, 5.74) is 1.01. The second-order valence-electron chi connectivity index (χ2n) is 5.72. The van der Waals surface area contributed by atoms with E-state index in [1.807, 2.05) is 30.3 Å². The number of hydrogen-bond acceptors (Lipinski definition) is 5. The maximum atomic E-state index is 10.5. The van der Waals surface area contributed by atoms with Gasteiger partial charge in [-0.3, -0.25) is 4.99 Å². The number of aliphatic hydroxyl groups is 1. The zero-order valence-electron chi connectivity index (χ0n) is 15.2. The minimum absolute atomic E-state index is 0. The minimum atomic E-state index is -0.589. The van der Waals surface area contributed by atoms with E-state index in [-0.39, 0.29) is 24.0 Å². The lowest BCUT2D eigenvalue weighted by molar-refractivity contribution is 0.184. The van der Waals surface area contributed by atoms with Crippen molar-refractivity contribution < 1.29 is 9.84 Å². The highest BCUT2D eigenvalue weighted by Gasteiger charge is 2.12. The first-order chi connectivity index (χ1) is 12.7. The molecule has 0 aliphatic carbocycles. The van der Waals surface area contributed by atoms with Crippen LogP contribution >= 0.6 is 35.3 Å². The van der Waals surface area contributed by atoms with Gasteiger partial charge in [0.2, 0.25) is 5.88 Å². The lowest BCUT2D eigenvalue weighted by atomic mass is 10.2. The molecule has 0 aliphatic rings. The molecule has 0 saturated heterocycles. The van der Waals surface area contributed by atoms with Crippen LogP contribution in [0.15, 0.2) is 53.7 Å². The van der Waals surface area contributed by atoms with Crippen LogP contribution in [0.25, 0.3) is 10.1 Å². The number of guanidine groups is 1. The van der Waals surface area contributed by atoms with Gasteiger partial charge in [0.25, 0.3) is 0 Å². The minimum Gasteiger partial charge on any atom is -0.481 e. The Morgan fingerprint density at radius 1 is 1.26 bits per heavy atom. The predicted octanol–water partition coefficient (Wildman–Crippen LogP) is 3.32. The van der Waals surface area contributed by atoms with Crippen LogP contribution < -0.4 is 15.4 Å². The number of nitrogens with one attached hydrogen (secondary N) is 2.